The predicted molar refractivity (Wildman–Crippen MR) is 53.7 cm³/mol. The molecule has 0 aromatic carbocycles. The van der Waals surface area contributed by atoms with Gasteiger partial charge < -0.3 is 4.74 Å². The van der Waals surface area contributed by atoms with Crippen LogP contribution in [0.15, 0.2) is 0 Å². The molecule has 3 amide bonds. The number of hydrogen-bond acceptors (Lipinski definition) is 5. The number of nitrogens with one attached hydrogen (secondary N) is 1. The number of nitrogens with zero attached hydrogens (tertiary/aromatic N) is 1. The third kappa shape index (κ3) is 2.56. The molecule has 3 N–H and O–H groups in total. The van der Waals surface area contributed by atoms with Crippen molar-refractivity contribution in [1.82, 2.24) is 10.3 Å². The quantitative estimate of drug-likeness (QED) is 0.262. The predicted octanol–water partition coefficient (Wildman–Crippen LogP) is -1.61. The highest BCUT2D eigenvalue weighted by molar-refractivity contribution is 5.99. The van der Waals surface area contributed by atoms with E-state index in [0.717, 1.165) is 4.90 Å². The minimum absolute atomic E-state index is 0.00292. The van der Waals surface area contributed by atoms with Crippen molar-refractivity contribution in [1.29, 1.82) is 0 Å². The zero-order chi connectivity index (χ0) is 12.3. The highest BCUT2D eigenvalue weighted by Crippen LogP contribution is 2.18. The molecule has 0 radical (unpaired) electrons. The van der Waals surface area contributed by atoms with Gasteiger partial charge in [-0.05, 0) is 13.8 Å². The monoisotopic (exact) mass is 229 g/mol. The van der Waals surface area contributed by atoms with E-state index in [1.165, 1.54) is 0 Å². The summed E-state index contributed by atoms with van der Waals surface area (Å²) in [5.74, 6) is 3.72. The molecular formula is C9H15N3O4. The molecule has 1 rings (SSSR count). The van der Waals surface area contributed by atoms with Gasteiger partial charge in [0.15, 0.2) is 0 Å². The van der Waals surface area contributed by atoms with E-state index in [9.17, 15) is 14.4 Å². The van der Waals surface area contributed by atoms with Gasteiger partial charge in [-0.25, -0.2) is 5.84 Å². The van der Waals surface area contributed by atoms with Crippen LogP contribution in [-0.4, -0.2) is 42.4 Å². The largest absolute Gasteiger partial charge is 0.362 e. The molecule has 90 valence electrons. The minimum atomic E-state index is -0.919. The summed E-state index contributed by atoms with van der Waals surface area (Å²) in [6.07, 6.45) is 0. The number of morpholine rings is 1. The fourth-order valence-corrected chi connectivity index (χ4v) is 1.36. The molecule has 1 fully saturated rings. The first-order valence-electron chi connectivity index (χ1n) is 4.80. The van der Waals surface area contributed by atoms with Gasteiger partial charge in [0, 0.05) is 6.54 Å². The van der Waals surface area contributed by atoms with Crippen LogP contribution in [0.5, 0.6) is 0 Å². The van der Waals surface area contributed by atoms with E-state index in [1.807, 2.05) is 5.43 Å². The van der Waals surface area contributed by atoms with Crippen molar-refractivity contribution < 1.29 is 19.1 Å². The number of carbonyl (C=O) groups excluding carboxylic acids is 3. The van der Waals surface area contributed by atoms with Gasteiger partial charge in [0.2, 0.25) is 5.91 Å². The summed E-state index contributed by atoms with van der Waals surface area (Å²) in [6, 6.07) is 0. The van der Waals surface area contributed by atoms with E-state index >= 15 is 0 Å². The Morgan fingerprint density at radius 1 is 1.44 bits per heavy atom. The fraction of sp³-hybridized carbons (Fsp3) is 0.667. The molecule has 0 unspecified atom stereocenters. The maximum Gasteiger partial charge on any atom is 0.255 e. The van der Waals surface area contributed by atoms with Crippen molar-refractivity contribution in [2.45, 2.75) is 13.8 Å². The van der Waals surface area contributed by atoms with Crippen LogP contribution in [0.3, 0.4) is 0 Å². The second kappa shape index (κ2) is 4.58. The first-order valence-corrected chi connectivity index (χ1v) is 4.80. The van der Waals surface area contributed by atoms with Crippen LogP contribution in [0.4, 0.5) is 0 Å². The number of nitrogens with two attached hydrogens (primary N) is 1. The minimum Gasteiger partial charge on any atom is -0.362 e. The van der Waals surface area contributed by atoms with Crippen LogP contribution >= 0.6 is 0 Å². The molecule has 7 heteroatoms. The van der Waals surface area contributed by atoms with Gasteiger partial charge in [-0.1, -0.05) is 0 Å². The Hall–Kier alpha value is -1.47. The average molecular weight is 229 g/mol. The van der Waals surface area contributed by atoms with Crippen LogP contribution in [0.25, 0.3) is 0 Å². The van der Waals surface area contributed by atoms with E-state index < -0.39 is 23.1 Å². The second-order valence-corrected chi connectivity index (χ2v) is 4.22. The third-order valence-corrected chi connectivity index (χ3v) is 2.35. The standard InChI is InChI=1S/C9H15N3O4/c1-9(2,8(15)11-10)5-12-6(13)3-16-4-7(12)14/h3-5,10H2,1-2H3,(H,11,15). The second-order valence-electron chi connectivity index (χ2n) is 4.22. The zero-order valence-corrected chi connectivity index (χ0v) is 9.28. The van der Waals surface area contributed by atoms with Gasteiger partial charge >= 0.3 is 0 Å². The lowest BCUT2D eigenvalue weighted by Crippen LogP contribution is -2.54. The Morgan fingerprint density at radius 3 is 2.38 bits per heavy atom. The number of imide groups is 1. The van der Waals surface area contributed by atoms with Crippen LogP contribution in [0.1, 0.15) is 13.8 Å². The molecule has 0 saturated carbocycles. The van der Waals surface area contributed by atoms with E-state index in [0.29, 0.717) is 0 Å². The zero-order valence-electron chi connectivity index (χ0n) is 9.28. The summed E-state index contributed by atoms with van der Waals surface area (Å²) in [7, 11) is 0. The molecule has 0 aliphatic carbocycles. The smallest absolute Gasteiger partial charge is 0.255 e. The number of hydrazine groups is 1. The highest BCUT2D eigenvalue weighted by atomic mass is 16.5. The Balaban J connectivity index is 2.74. The number of amides is 3. The Morgan fingerprint density at radius 2 is 1.94 bits per heavy atom. The van der Waals surface area contributed by atoms with Gasteiger partial charge in [-0.2, -0.15) is 0 Å². The van der Waals surface area contributed by atoms with Crippen LogP contribution < -0.4 is 11.3 Å². The van der Waals surface area contributed by atoms with Crippen LogP contribution in [0, 0.1) is 5.41 Å². The molecule has 0 atom stereocenters. The van der Waals surface area contributed by atoms with Gasteiger partial charge in [0.25, 0.3) is 11.8 Å². The molecule has 0 aromatic heterocycles. The van der Waals surface area contributed by atoms with Gasteiger partial charge in [-0.3, -0.25) is 24.7 Å². The summed E-state index contributed by atoms with van der Waals surface area (Å²) in [5.41, 5.74) is 1.09. The summed E-state index contributed by atoms with van der Waals surface area (Å²) >= 11 is 0. The van der Waals surface area contributed by atoms with Gasteiger partial charge in [-0.15, -0.1) is 0 Å². The van der Waals surface area contributed by atoms with Crippen molar-refractivity contribution in [2.75, 3.05) is 19.8 Å². The SMILES string of the molecule is CC(C)(CN1C(=O)COCC1=O)C(=O)NN. The number of rotatable bonds is 3. The van der Waals surface area contributed by atoms with Gasteiger partial charge in [0.1, 0.15) is 13.2 Å². The molecular weight excluding hydrogens is 214 g/mol. The highest BCUT2D eigenvalue weighted by Gasteiger charge is 2.36. The first-order chi connectivity index (χ1) is 7.38. The summed E-state index contributed by atoms with van der Waals surface area (Å²) in [5, 5.41) is 0. The van der Waals surface area contributed by atoms with E-state index in [4.69, 9.17) is 10.6 Å². The van der Waals surface area contributed by atoms with E-state index in [2.05, 4.69) is 0 Å². The Bertz CT molecular complexity index is 311. The number of ether oxygens (including phenoxy) is 1. The molecule has 7 nitrogen and oxygen atoms in total. The maximum atomic E-state index is 11.4. The van der Waals surface area contributed by atoms with E-state index in [-0.39, 0.29) is 19.8 Å². The third-order valence-electron chi connectivity index (χ3n) is 2.35. The van der Waals surface area contributed by atoms with Crippen molar-refractivity contribution in [2.24, 2.45) is 11.3 Å². The summed E-state index contributed by atoms with van der Waals surface area (Å²) in [4.78, 5) is 35.3. The Labute approximate surface area is 92.9 Å². The van der Waals surface area contributed by atoms with Crippen molar-refractivity contribution >= 4 is 17.7 Å². The molecule has 0 aromatic rings. The number of hydrogen-bond donors (Lipinski definition) is 2. The molecule has 1 saturated heterocycles. The van der Waals surface area contributed by atoms with E-state index in [1.54, 1.807) is 13.8 Å². The van der Waals surface area contributed by atoms with Crippen molar-refractivity contribution in [3.05, 3.63) is 0 Å². The molecule has 1 aliphatic rings. The number of carbonyl (C=O) groups is 3. The molecule has 16 heavy (non-hydrogen) atoms. The maximum absolute atomic E-state index is 11.4. The van der Waals surface area contributed by atoms with Crippen LogP contribution in [0.2, 0.25) is 0 Å². The lowest BCUT2D eigenvalue weighted by atomic mass is 9.91. The van der Waals surface area contributed by atoms with Gasteiger partial charge in [0.05, 0.1) is 5.41 Å². The fourth-order valence-electron chi connectivity index (χ4n) is 1.36. The lowest BCUT2D eigenvalue weighted by molar-refractivity contribution is -0.160. The lowest BCUT2D eigenvalue weighted by Gasteiger charge is -2.31. The Kier molecular flexibility index (Phi) is 3.61. The average Bonchev–Trinajstić information content (AvgIpc) is 2.22. The molecule has 0 bridgehead atoms. The summed E-state index contributed by atoms with van der Waals surface area (Å²) in [6.45, 7) is 2.94. The molecule has 1 aliphatic heterocycles. The topological polar surface area (TPSA) is 102 Å². The normalized spacial score (nSPS) is 17.6. The molecule has 1 heterocycles. The molecule has 0 spiro atoms. The van der Waals surface area contributed by atoms with Crippen molar-refractivity contribution in [3.8, 4) is 0 Å². The summed E-state index contributed by atoms with van der Waals surface area (Å²) < 4.78 is 4.76. The van der Waals surface area contributed by atoms with Crippen LogP contribution in [-0.2, 0) is 19.1 Å². The van der Waals surface area contributed by atoms with Crippen molar-refractivity contribution in [3.63, 3.8) is 0 Å². The first kappa shape index (κ1) is 12.6.